The van der Waals surface area contributed by atoms with Gasteiger partial charge >= 0.3 is 5.97 Å². The Kier molecular flexibility index (Phi) is 3.45. The molecule has 0 aliphatic carbocycles. The molecular formula is C9H12O3S. The molecule has 1 rings (SSSR count). The van der Waals surface area contributed by atoms with Gasteiger partial charge in [0, 0.05) is 4.88 Å². The Morgan fingerprint density at radius 3 is 2.77 bits per heavy atom. The van der Waals surface area contributed by atoms with Gasteiger partial charge in [0.1, 0.15) is 4.88 Å². The van der Waals surface area contributed by atoms with Gasteiger partial charge in [-0.15, -0.1) is 11.3 Å². The predicted molar refractivity (Wildman–Crippen MR) is 51.2 cm³/mol. The second-order valence-electron chi connectivity index (χ2n) is 2.93. The Hall–Kier alpha value is -0.870. The molecule has 1 heterocycles. The molecule has 72 valence electrons. The summed E-state index contributed by atoms with van der Waals surface area (Å²) in [6.07, 6.45) is 0.176. The lowest BCUT2D eigenvalue weighted by atomic mass is 10.4. The van der Waals surface area contributed by atoms with Crippen molar-refractivity contribution in [2.45, 2.75) is 26.6 Å². The van der Waals surface area contributed by atoms with E-state index in [-0.39, 0.29) is 6.10 Å². The Morgan fingerprint density at radius 2 is 2.31 bits per heavy atom. The van der Waals surface area contributed by atoms with Crippen molar-refractivity contribution in [1.29, 1.82) is 0 Å². The zero-order valence-electron chi connectivity index (χ0n) is 7.61. The fourth-order valence-electron chi connectivity index (χ4n) is 0.819. The molecule has 4 heteroatoms. The molecule has 0 aliphatic heterocycles. The van der Waals surface area contributed by atoms with E-state index in [1.54, 1.807) is 12.1 Å². The van der Waals surface area contributed by atoms with Crippen LogP contribution in [0, 0.1) is 0 Å². The Labute approximate surface area is 81.0 Å². The number of ether oxygens (including phenoxy) is 1. The highest BCUT2D eigenvalue weighted by Gasteiger charge is 2.06. The summed E-state index contributed by atoms with van der Waals surface area (Å²) in [4.78, 5) is 11.8. The summed E-state index contributed by atoms with van der Waals surface area (Å²) in [5.74, 6) is -0.874. The van der Waals surface area contributed by atoms with Gasteiger partial charge in [0.05, 0.1) is 12.7 Å². The molecule has 0 spiro atoms. The third kappa shape index (κ3) is 3.16. The van der Waals surface area contributed by atoms with Crippen molar-refractivity contribution in [2.75, 3.05) is 0 Å². The van der Waals surface area contributed by atoms with Crippen LogP contribution in [-0.2, 0) is 11.3 Å². The van der Waals surface area contributed by atoms with E-state index in [1.165, 1.54) is 11.3 Å². The zero-order valence-corrected chi connectivity index (χ0v) is 8.43. The summed E-state index contributed by atoms with van der Waals surface area (Å²) in [5, 5.41) is 8.65. The van der Waals surface area contributed by atoms with Crippen molar-refractivity contribution in [3.8, 4) is 0 Å². The van der Waals surface area contributed by atoms with Crippen molar-refractivity contribution >= 4 is 17.3 Å². The van der Waals surface area contributed by atoms with Crippen LogP contribution in [0.5, 0.6) is 0 Å². The van der Waals surface area contributed by atoms with Gasteiger partial charge < -0.3 is 9.84 Å². The molecule has 1 N–H and O–H groups in total. The molecule has 0 saturated heterocycles. The standard InChI is InChI=1S/C9H12O3S/c1-6(2)12-5-7-3-4-8(13-7)9(10)11/h3-4,6H,5H2,1-2H3,(H,10,11). The minimum atomic E-state index is -0.874. The maximum Gasteiger partial charge on any atom is 0.345 e. The second kappa shape index (κ2) is 4.39. The van der Waals surface area contributed by atoms with Crippen LogP contribution >= 0.6 is 11.3 Å². The monoisotopic (exact) mass is 200 g/mol. The number of carboxylic acids is 1. The number of carboxylic acid groups (broad SMARTS) is 1. The quantitative estimate of drug-likeness (QED) is 0.811. The molecule has 0 radical (unpaired) electrons. The average molecular weight is 200 g/mol. The molecule has 0 unspecified atom stereocenters. The first-order valence-electron chi connectivity index (χ1n) is 4.03. The van der Waals surface area contributed by atoms with Crippen LogP contribution in [0.2, 0.25) is 0 Å². The molecule has 3 nitrogen and oxygen atoms in total. The number of carbonyl (C=O) groups is 1. The number of hydrogen-bond acceptors (Lipinski definition) is 3. The smallest absolute Gasteiger partial charge is 0.345 e. The summed E-state index contributed by atoms with van der Waals surface area (Å²) in [6, 6.07) is 3.39. The van der Waals surface area contributed by atoms with Crippen LogP contribution in [0.1, 0.15) is 28.4 Å². The Bertz CT molecular complexity index is 291. The lowest BCUT2D eigenvalue weighted by Gasteiger charge is -2.04. The van der Waals surface area contributed by atoms with Crippen molar-refractivity contribution in [2.24, 2.45) is 0 Å². The highest BCUT2D eigenvalue weighted by molar-refractivity contribution is 7.13. The van der Waals surface area contributed by atoms with Crippen molar-refractivity contribution < 1.29 is 14.6 Å². The first kappa shape index (κ1) is 10.2. The summed E-state index contributed by atoms with van der Waals surface area (Å²) < 4.78 is 5.34. The lowest BCUT2D eigenvalue weighted by Crippen LogP contribution is -2.00. The molecule has 0 amide bonds. The summed E-state index contributed by atoms with van der Waals surface area (Å²) in [7, 11) is 0. The third-order valence-corrected chi connectivity index (χ3v) is 2.48. The molecular weight excluding hydrogens is 188 g/mol. The summed E-state index contributed by atoms with van der Waals surface area (Å²) >= 11 is 1.26. The number of thiophene rings is 1. The summed E-state index contributed by atoms with van der Waals surface area (Å²) in [6.45, 7) is 4.40. The molecule has 0 atom stereocenters. The van der Waals surface area contributed by atoms with Crippen molar-refractivity contribution in [3.63, 3.8) is 0 Å². The minimum absolute atomic E-state index is 0.176. The minimum Gasteiger partial charge on any atom is -0.477 e. The highest BCUT2D eigenvalue weighted by Crippen LogP contribution is 2.17. The van der Waals surface area contributed by atoms with Gasteiger partial charge in [-0.1, -0.05) is 0 Å². The molecule has 0 aromatic carbocycles. The van der Waals surface area contributed by atoms with Gasteiger partial charge in [-0.25, -0.2) is 4.79 Å². The van der Waals surface area contributed by atoms with E-state index in [0.29, 0.717) is 11.5 Å². The Balaban J connectivity index is 2.54. The van der Waals surface area contributed by atoms with E-state index < -0.39 is 5.97 Å². The summed E-state index contributed by atoms with van der Waals surface area (Å²) in [5.41, 5.74) is 0. The maximum absolute atomic E-state index is 10.5. The molecule has 0 aliphatic rings. The lowest BCUT2D eigenvalue weighted by molar-refractivity contribution is 0.0674. The van der Waals surface area contributed by atoms with Gasteiger partial charge in [-0.3, -0.25) is 0 Å². The van der Waals surface area contributed by atoms with E-state index in [9.17, 15) is 4.79 Å². The van der Waals surface area contributed by atoms with Crippen LogP contribution < -0.4 is 0 Å². The average Bonchev–Trinajstić information content (AvgIpc) is 2.48. The van der Waals surface area contributed by atoms with E-state index in [0.717, 1.165) is 4.88 Å². The fraction of sp³-hybridized carbons (Fsp3) is 0.444. The zero-order chi connectivity index (χ0) is 9.84. The molecule has 1 aromatic rings. The number of aromatic carboxylic acids is 1. The third-order valence-electron chi connectivity index (χ3n) is 1.43. The topological polar surface area (TPSA) is 46.5 Å². The van der Waals surface area contributed by atoms with E-state index in [2.05, 4.69) is 0 Å². The van der Waals surface area contributed by atoms with Gasteiger partial charge in [0.25, 0.3) is 0 Å². The predicted octanol–water partition coefficient (Wildman–Crippen LogP) is 2.37. The molecule has 13 heavy (non-hydrogen) atoms. The number of hydrogen-bond donors (Lipinski definition) is 1. The molecule has 0 saturated carbocycles. The van der Waals surface area contributed by atoms with Crippen molar-refractivity contribution in [1.82, 2.24) is 0 Å². The normalized spacial score (nSPS) is 10.7. The van der Waals surface area contributed by atoms with Gasteiger partial charge in [0.15, 0.2) is 0 Å². The van der Waals surface area contributed by atoms with Crippen LogP contribution in [0.15, 0.2) is 12.1 Å². The van der Waals surface area contributed by atoms with Gasteiger partial charge in [0.2, 0.25) is 0 Å². The van der Waals surface area contributed by atoms with Crippen LogP contribution in [-0.4, -0.2) is 17.2 Å². The van der Waals surface area contributed by atoms with E-state index >= 15 is 0 Å². The molecule has 0 fully saturated rings. The Morgan fingerprint density at radius 1 is 1.62 bits per heavy atom. The van der Waals surface area contributed by atoms with Crippen LogP contribution in [0.25, 0.3) is 0 Å². The highest BCUT2D eigenvalue weighted by atomic mass is 32.1. The van der Waals surface area contributed by atoms with Gasteiger partial charge in [-0.2, -0.15) is 0 Å². The van der Waals surface area contributed by atoms with Crippen molar-refractivity contribution in [3.05, 3.63) is 21.9 Å². The largest absolute Gasteiger partial charge is 0.477 e. The van der Waals surface area contributed by atoms with E-state index in [1.807, 2.05) is 13.8 Å². The van der Waals surface area contributed by atoms with E-state index in [4.69, 9.17) is 9.84 Å². The van der Waals surface area contributed by atoms with Crippen LogP contribution in [0.3, 0.4) is 0 Å². The fourth-order valence-corrected chi connectivity index (χ4v) is 1.59. The van der Waals surface area contributed by atoms with Crippen LogP contribution in [0.4, 0.5) is 0 Å². The molecule has 1 aromatic heterocycles. The second-order valence-corrected chi connectivity index (χ2v) is 4.10. The molecule has 0 bridgehead atoms. The maximum atomic E-state index is 10.5. The van der Waals surface area contributed by atoms with Gasteiger partial charge in [-0.05, 0) is 26.0 Å². The number of rotatable bonds is 4. The SMILES string of the molecule is CC(C)OCc1ccc(C(=O)O)s1. The first-order chi connectivity index (χ1) is 6.09. The first-order valence-corrected chi connectivity index (χ1v) is 4.85.